The molecule has 6 heteroatoms. The van der Waals surface area contributed by atoms with Crippen molar-refractivity contribution in [2.75, 3.05) is 14.2 Å². The molecule has 6 aromatic rings. The number of thiazole rings is 1. The summed E-state index contributed by atoms with van der Waals surface area (Å²) in [6.07, 6.45) is 3.75. The van der Waals surface area contributed by atoms with Crippen molar-refractivity contribution in [2.24, 2.45) is 4.99 Å². The number of methoxy groups -OCH3 is 2. The molecule has 0 fully saturated rings. The third kappa shape index (κ3) is 4.05. The number of hydrogen-bond acceptors (Lipinski definition) is 5. The van der Waals surface area contributed by atoms with Gasteiger partial charge in [0.2, 0.25) is 0 Å². The van der Waals surface area contributed by atoms with Gasteiger partial charge in [-0.25, -0.2) is 4.99 Å². The average molecular weight is 581 g/mol. The maximum absolute atomic E-state index is 14.5. The first-order chi connectivity index (χ1) is 21.1. The maximum Gasteiger partial charge on any atom is 0.271 e. The molecule has 0 unspecified atom stereocenters. The van der Waals surface area contributed by atoms with Gasteiger partial charge in [-0.15, -0.1) is 0 Å². The Morgan fingerprint density at radius 2 is 1.56 bits per heavy atom. The lowest BCUT2D eigenvalue weighted by atomic mass is 9.83. The summed E-state index contributed by atoms with van der Waals surface area (Å²) in [5.41, 5.74) is 6.38. The molecular weight excluding hydrogens is 552 g/mol. The fourth-order valence-corrected chi connectivity index (χ4v) is 7.67. The van der Waals surface area contributed by atoms with Gasteiger partial charge >= 0.3 is 0 Å². The van der Waals surface area contributed by atoms with E-state index in [1.54, 1.807) is 14.2 Å². The summed E-state index contributed by atoms with van der Waals surface area (Å²) in [4.78, 5) is 20.4. The largest absolute Gasteiger partial charge is 0.497 e. The SMILES string of the molecule is COc1ccc(OC)c([C@@H]2C3=C(N=c4s/c(=C/c5c6ccccc6cc6ccccc56)c(=O)n42)c2ccccc2CC3)c1. The number of aryl methyl sites for hydroxylation is 1. The molecule has 1 aromatic heterocycles. The van der Waals surface area contributed by atoms with Crippen LogP contribution in [0.25, 0.3) is 33.3 Å². The summed E-state index contributed by atoms with van der Waals surface area (Å²) >= 11 is 1.45. The molecule has 1 aliphatic heterocycles. The van der Waals surface area contributed by atoms with Crippen molar-refractivity contribution < 1.29 is 9.47 Å². The summed E-state index contributed by atoms with van der Waals surface area (Å²) in [6.45, 7) is 0. The van der Waals surface area contributed by atoms with Gasteiger partial charge in [0, 0.05) is 11.1 Å². The Kier molecular flexibility index (Phi) is 6.05. The standard InChI is InChI=1S/C37H28N2O3S/c1-41-25-16-18-32(42-2)31(20-25)35-29-17-15-22-9-3-8-14-28(22)34(29)38-37-39(35)36(40)33(43-37)21-30-26-12-6-4-10-23(26)19-24-11-5-7-13-27(24)30/h3-14,16,18-21,35H,15,17H2,1-2H3/b33-21+/t35-/m0/s1. The third-order valence-corrected chi connectivity index (χ3v) is 9.68. The van der Waals surface area contributed by atoms with Crippen molar-refractivity contribution >= 4 is 44.7 Å². The predicted octanol–water partition coefficient (Wildman–Crippen LogP) is 6.64. The molecule has 0 radical (unpaired) electrons. The Labute approximate surface area is 252 Å². The predicted molar refractivity (Wildman–Crippen MR) is 174 cm³/mol. The molecule has 5 aromatic carbocycles. The zero-order valence-corrected chi connectivity index (χ0v) is 24.7. The van der Waals surface area contributed by atoms with Crippen molar-refractivity contribution in [1.29, 1.82) is 0 Å². The van der Waals surface area contributed by atoms with E-state index < -0.39 is 0 Å². The minimum Gasteiger partial charge on any atom is -0.497 e. The van der Waals surface area contributed by atoms with Crippen LogP contribution in [0, 0.1) is 0 Å². The zero-order chi connectivity index (χ0) is 29.1. The quantitative estimate of drug-likeness (QED) is 0.220. The number of rotatable bonds is 4. The Hall–Kier alpha value is -4.94. The first-order valence-electron chi connectivity index (χ1n) is 14.4. The molecule has 1 atom stereocenters. The summed E-state index contributed by atoms with van der Waals surface area (Å²) in [5, 5.41) is 4.52. The molecule has 0 spiro atoms. The number of fused-ring (bicyclic) bond motifs is 5. The smallest absolute Gasteiger partial charge is 0.271 e. The van der Waals surface area contributed by atoms with Crippen LogP contribution in [0.15, 0.2) is 112 Å². The molecule has 0 N–H and O–H groups in total. The average Bonchev–Trinajstić information content (AvgIpc) is 3.37. The van der Waals surface area contributed by atoms with Gasteiger partial charge in [0.15, 0.2) is 4.80 Å². The van der Waals surface area contributed by atoms with Crippen LogP contribution in [0.3, 0.4) is 0 Å². The Balaban J connectivity index is 1.45. The molecular formula is C37H28N2O3S. The molecule has 1 aliphatic carbocycles. The minimum atomic E-state index is -0.365. The van der Waals surface area contributed by atoms with Crippen LogP contribution in [-0.2, 0) is 6.42 Å². The van der Waals surface area contributed by atoms with E-state index in [0.717, 1.165) is 68.1 Å². The minimum absolute atomic E-state index is 0.0546. The number of ether oxygens (including phenoxy) is 2. The van der Waals surface area contributed by atoms with Crippen molar-refractivity contribution in [2.45, 2.75) is 18.9 Å². The van der Waals surface area contributed by atoms with Crippen LogP contribution in [0.5, 0.6) is 11.5 Å². The number of benzene rings is 5. The maximum atomic E-state index is 14.5. The summed E-state index contributed by atoms with van der Waals surface area (Å²) < 4.78 is 14.0. The highest BCUT2D eigenvalue weighted by Crippen LogP contribution is 2.44. The lowest BCUT2D eigenvalue weighted by Gasteiger charge is -2.31. The molecule has 5 nitrogen and oxygen atoms in total. The number of aromatic nitrogens is 1. The molecule has 2 heterocycles. The van der Waals surface area contributed by atoms with Gasteiger partial charge in [-0.2, -0.15) is 0 Å². The van der Waals surface area contributed by atoms with Gasteiger partial charge in [-0.05, 0) is 81.4 Å². The molecule has 210 valence electrons. The number of nitrogens with zero attached hydrogens (tertiary/aromatic N) is 2. The lowest BCUT2D eigenvalue weighted by Crippen LogP contribution is -2.39. The van der Waals surface area contributed by atoms with E-state index in [2.05, 4.69) is 84.9 Å². The molecule has 0 saturated heterocycles. The Bertz CT molecular complexity index is 2260. The zero-order valence-electron chi connectivity index (χ0n) is 23.8. The third-order valence-electron chi connectivity index (χ3n) is 8.69. The molecule has 8 rings (SSSR count). The van der Waals surface area contributed by atoms with Crippen molar-refractivity contribution in [3.63, 3.8) is 0 Å². The normalized spacial score (nSPS) is 16.0. The molecule has 0 saturated carbocycles. The first-order valence-corrected chi connectivity index (χ1v) is 15.2. The van der Waals surface area contributed by atoms with Gasteiger partial charge < -0.3 is 9.47 Å². The van der Waals surface area contributed by atoms with Crippen LogP contribution >= 0.6 is 11.3 Å². The summed E-state index contributed by atoms with van der Waals surface area (Å²) in [5.74, 6) is 1.43. The molecule has 0 bridgehead atoms. The van der Waals surface area contributed by atoms with E-state index in [9.17, 15) is 4.79 Å². The highest BCUT2D eigenvalue weighted by molar-refractivity contribution is 7.07. The van der Waals surface area contributed by atoms with Crippen LogP contribution in [0.4, 0.5) is 0 Å². The monoisotopic (exact) mass is 580 g/mol. The van der Waals surface area contributed by atoms with Crippen molar-refractivity contribution in [3.8, 4) is 11.5 Å². The van der Waals surface area contributed by atoms with Crippen LogP contribution in [0.1, 0.15) is 34.7 Å². The van der Waals surface area contributed by atoms with Crippen LogP contribution < -0.4 is 24.4 Å². The van der Waals surface area contributed by atoms with E-state index in [0.29, 0.717) is 15.1 Å². The first kappa shape index (κ1) is 25.7. The fourth-order valence-electron chi connectivity index (χ4n) is 6.69. The second kappa shape index (κ2) is 10.1. The fraction of sp³-hybridized carbons (Fsp3) is 0.135. The molecule has 0 amide bonds. The van der Waals surface area contributed by atoms with Gasteiger partial charge in [0.25, 0.3) is 5.56 Å². The Morgan fingerprint density at radius 3 is 2.30 bits per heavy atom. The lowest BCUT2D eigenvalue weighted by molar-refractivity contribution is 0.392. The molecule has 2 aliphatic rings. The van der Waals surface area contributed by atoms with E-state index >= 15 is 0 Å². The van der Waals surface area contributed by atoms with Gasteiger partial charge in [-0.3, -0.25) is 9.36 Å². The highest BCUT2D eigenvalue weighted by Gasteiger charge is 2.34. The second-order valence-electron chi connectivity index (χ2n) is 11.0. The van der Waals surface area contributed by atoms with Gasteiger partial charge in [0.05, 0.1) is 30.5 Å². The van der Waals surface area contributed by atoms with Gasteiger partial charge in [0.1, 0.15) is 11.5 Å². The van der Waals surface area contributed by atoms with E-state index in [4.69, 9.17) is 14.5 Å². The van der Waals surface area contributed by atoms with Crippen molar-refractivity contribution in [1.82, 2.24) is 4.57 Å². The van der Waals surface area contributed by atoms with E-state index in [1.807, 2.05) is 22.8 Å². The molecule has 43 heavy (non-hydrogen) atoms. The van der Waals surface area contributed by atoms with Crippen LogP contribution in [0.2, 0.25) is 0 Å². The number of hydrogen-bond donors (Lipinski definition) is 0. The van der Waals surface area contributed by atoms with E-state index in [1.165, 1.54) is 16.9 Å². The second-order valence-corrected chi connectivity index (χ2v) is 12.0. The summed E-state index contributed by atoms with van der Waals surface area (Å²) in [7, 11) is 3.33. The number of allylic oxidation sites excluding steroid dienone is 1. The summed E-state index contributed by atoms with van der Waals surface area (Å²) in [6, 6.07) is 32.8. The van der Waals surface area contributed by atoms with Crippen molar-refractivity contribution in [3.05, 3.63) is 145 Å². The highest BCUT2D eigenvalue weighted by atomic mass is 32.1. The van der Waals surface area contributed by atoms with Gasteiger partial charge in [-0.1, -0.05) is 84.1 Å². The Morgan fingerprint density at radius 1 is 0.837 bits per heavy atom. The topological polar surface area (TPSA) is 52.8 Å². The van der Waals surface area contributed by atoms with E-state index in [-0.39, 0.29) is 11.6 Å². The van der Waals surface area contributed by atoms with Crippen LogP contribution in [-0.4, -0.2) is 18.8 Å².